The summed E-state index contributed by atoms with van der Waals surface area (Å²) in [6, 6.07) is 9.65. The van der Waals surface area contributed by atoms with E-state index in [2.05, 4.69) is 22.0 Å². The molecule has 9 nitrogen and oxygen atoms in total. The van der Waals surface area contributed by atoms with E-state index in [9.17, 15) is 4.79 Å². The molecule has 1 aliphatic heterocycles. The first kappa shape index (κ1) is 22.4. The predicted octanol–water partition coefficient (Wildman–Crippen LogP) is 3.80. The fourth-order valence-corrected chi connectivity index (χ4v) is 3.99. The number of aromatic nitrogens is 2. The van der Waals surface area contributed by atoms with E-state index in [1.54, 1.807) is 19.2 Å². The summed E-state index contributed by atoms with van der Waals surface area (Å²) in [6.07, 6.45) is 3.49. The molecule has 9 heteroatoms. The second-order valence-electron chi connectivity index (χ2n) is 7.97. The highest BCUT2D eigenvalue weighted by Crippen LogP contribution is 2.37. The Labute approximate surface area is 191 Å². The molecule has 2 heterocycles. The van der Waals surface area contributed by atoms with Crippen molar-refractivity contribution in [1.29, 1.82) is 0 Å². The average molecular weight is 453 g/mol. The van der Waals surface area contributed by atoms with Crippen LogP contribution in [-0.4, -0.2) is 54.5 Å². The van der Waals surface area contributed by atoms with Crippen molar-refractivity contribution in [2.24, 2.45) is 5.92 Å². The van der Waals surface area contributed by atoms with Crippen LogP contribution in [0, 0.1) is 5.92 Å². The number of carboxylic acid groups (broad SMARTS) is 1. The fourth-order valence-electron chi connectivity index (χ4n) is 3.99. The van der Waals surface area contributed by atoms with Crippen molar-refractivity contribution in [1.82, 2.24) is 9.55 Å². The fraction of sp³-hybridized carbons (Fsp3) is 0.375. The lowest BCUT2D eigenvalue weighted by molar-refractivity contribution is -0.122. The highest BCUT2D eigenvalue weighted by atomic mass is 16.5. The van der Waals surface area contributed by atoms with Crippen LogP contribution in [0.4, 0.5) is 5.69 Å². The zero-order chi connectivity index (χ0) is 23.4. The molecule has 1 aliphatic carbocycles. The molecular formula is C24H27N3O6. The number of rotatable bonds is 6. The first-order valence-electron chi connectivity index (χ1n) is 10.8. The standard InChI is InChI=1S/C23H25N3O4.CH2O2/c1-28-19-7-6-15(10-17(19)23(27)29-2)22-25-18-11-16(24-13-14-4-5-14)12-20-21(18)26(22)8-3-9-30-20;2-1-3/h6-7,10-12,14,24H,3-5,8-9,13H2,1-2H3;1H,(H,2,3). The summed E-state index contributed by atoms with van der Waals surface area (Å²) in [5.74, 6) is 2.49. The number of benzene rings is 2. The van der Waals surface area contributed by atoms with Crippen molar-refractivity contribution in [3.05, 3.63) is 35.9 Å². The van der Waals surface area contributed by atoms with Crippen LogP contribution in [-0.2, 0) is 16.1 Å². The molecule has 0 radical (unpaired) electrons. The van der Waals surface area contributed by atoms with E-state index in [0.717, 1.165) is 59.3 Å². The molecule has 1 fully saturated rings. The highest BCUT2D eigenvalue weighted by molar-refractivity contribution is 5.95. The molecule has 0 saturated heterocycles. The van der Waals surface area contributed by atoms with Gasteiger partial charge in [0, 0.05) is 30.4 Å². The maximum atomic E-state index is 12.2. The molecule has 2 N–H and O–H groups in total. The number of nitrogens with zero attached hydrogens (tertiary/aromatic N) is 2. The third kappa shape index (κ3) is 4.72. The monoisotopic (exact) mass is 453 g/mol. The number of ether oxygens (including phenoxy) is 3. The van der Waals surface area contributed by atoms with Crippen LogP contribution < -0.4 is 14.8 Å². The quantitative estimate of drug-likeness (QED) is 0.428. The van der Waals surface area contributed by atoms with Crippen LogP contribution in [0.15, 0.2) is 30.3 Å². The van der Waals surface area contributed by atoms with Gasteiger partial charge in [0.05, 0.1) is 26.3 Å². The number of methoxy groups -OCH3 is 2. The van der Waals surface area contributed by atoms with Crippen molar-refractivity contribution in [3.8, 4) is 22.9 Å². The summed E-state index contributed by atoms with van der Waals surface area (Å²) >= 11 is 0. The number of carbonyl (C=O) groups is 2. The number of hydrogen-bond donors (Lipinski definition) is 2. The van der Waals surface area contributed by atoms with E-state index >= 15 is 0 Å². The third-order valence-electron chi connectivity index (χ3n) is 5.75. The van der Waals surface area contributed by atoms with Gasteiger partial charge in [-0.05, 0) is 49.4 Å². The zero-order valence-corrected chi connectivity index (χ0v) is 18.7. The van der Waals surface area contributed by atoms with Crippen LogP contribution in [0.5, 0.6) is 11.5 Å². The molecule has 174 valence electrons. The molecule has 1 saturated carbocycles. The zero-order valence-electron chi connectivity index (χ0n) is 18.7. The van der Waals surface area contributed by atoms with Crippen LogP contribution in [0.1, 0.15) is 29.6 Å². The van der Waals surface area contributed by atoms with Crippen molar-refractivity contribution < 1.29 is 28.9 Å². The molecule has 0 bridgehead atoms. The number of imidazole rings is 1. The minimum absolute atomic E-state index is 0.250. The van der Waals surface area contributed by atoms with Crippen molar-refractivity contribution >= 4 is 29.2 Å². The number of nitrogens with one attached hydrogen (secondary N) is 1. The number of hydrogen-bond acceptors (Lipinski definition) is 7. The normalized spacial score (nSPS) is 14.4. The Morgan fingerprint density at radius 3 is 2.79 bits per heavy atom. The maximum Gasteiger partial charge on any atom is 0.341 e. The van der Waals surface area contributed by atoms with Crippen LogP contribution in [0.3, 0.4) is 0 Å². The average Bonchev–Trinajstić information content (AvgIpc) is 3.62. The minimum Gasteiger partial charge on any atom is -0.496 e. The van der Waals surface area contributed by atoms with Crippen molar-refractivity contribution in [2.75, 3.05) is 32.7 Å². The SMILES string of the molecule is COC(=O)c1cc(-c2nc3cc(NCC4CC4)cc4c3n2CCCO4)ccc1OC.O=CO. The van der Waals surface area contributed by atoms with Gasteiger partial charge in [-0.3, -0.25) is 4.79 Å². The summed E-state index contributed by atoms with van der Waals surface area (Å²) < 4.78 is 18.5. The summed E-state index contributed by atoms with van der Waals surface area (Å²) in [6.45, 7) is 2.20. The Balaban J connectivity index is 0.000000821. The molecule has 0 atom stereocenters. The molecule has 0 spiro atoms. The molecule has 0 amide bonds. The van der Waals surface area contributed by atoms with E-state index in [4.69, 9.17) is 29.1 Å². The summed E-state index contributed by atoms with van der Waals surface area (Å²) in [5.41, 5.74) is 4.14. The van der Waals surface area contributed by atoms with E-state index in [1.165, 1.54) is 20.0 Å². The molecule has 5 rings (SSSR count). The Morgan fingerprint density at radius 1 is 1.30 bits per heavy atom. The van der Waals surface area contributed by atoms with E-state index < -0.39 is 5.97 Å². The van der Waals surface area contributed by atoms with Gasteiger partial charge in [0.2, 0.25) is 0 Å². The van der Waals surface area contributed by atoms with Crippen LogP contribution in [0.2, 0.25) is 0 Å². The first-order chi connectivity index (χ1) is 16.1. The van der Waals surface area contributed by atoms with Gasteiger partial charge in [-0.2, -0.15) is 0 Å². The smallest absolute Gasteiger partial charge is 0.341 e. The van der Waals surface area contributed by atoms with Gasteiger partial charge in [0.15, 0.2) is 0 Å². The van der Waals surface area contributed by atoms with Gasteiger partial charge in [-0.25, -0.2) is 9.78 Å². The second-order valence-corrected chi connectivity index (χ2v) is 7.97. The molecule has 3 aromatic rings. The highest BCUT2D eigenvalue weighted by Gasteiger charge is 2.24. The molecule has 2 aromatic carbocycles. The molecule has 33 heavy (non-hydrogen) atoms. The number of esters is 1. The van der Waals surface area contributed by atoms with Gasteiger partial charge in [0.25, 0.3) is 6.47 Å². The lowest BCUT2D eigenvalue weighted by Crippen LogP contribution is -2.06. The second kappa shape index (κ2) is 9.81. The molecular weight excluding hydrogens is 426 g/mol. The molecule has 2 aliphatic rings. The summed E-state index contributed by atoms with van der Waals surface area (Å²) in [7, 11) is 2.91. The van der Waals surface area contributed by atoms with Crippen molar-refractivity contribution in [3.63, 3.8) is 0 Å². The Bertz CT molecular complexity index is 1170. The lowest BCUT2D eigenvalue weighted by atomic mass is 10.1. The van der Waals surface area contributed by atoms with Gasteiger partial charge in [0.1, 0.15) is 28.4 Å². The largest absolute Gasteiger partial charge is 0.496 e. The number of anilines is 1. The summed E-state index contributed by atoms with van der Waals surface area (Å²) in [5, 5.41) is 10.4. The first-order valence-corrected chi connectivity index (χ1v) is 10.8. The number of aryl methyl sites for hydroxylation is 1. The van der Waals surface area contributed by atoms with Crippen LogP contribution in [0.25, 0.3) is 22.4 Å². The van der Waals surface area contributed by atoms with Gasteiger partial charge >= 0.3 is 5.97 Å². The van der Waals surface area contributed by atoms with Gasteiger partial charge < -0.3 is 29.2 Å². The van der Waals surface area contributed by atoms with Crippen LogP contribution >= 0.6 is 0 Å². The summed E-state index contributed by atoms with van der Waals surface area (Å²) in [4.78, 5) is 25.5. The Hall–Kier alpha value is -3.75. The Morgan fingerprint density at radius 2 is 2.09 bits per heavy atom. The van der Waals surface area contributed by atoms with E-state index in [-0.39, 0.29) is 6.47 Å². The van der Waals surface area contributed by atoms with E-state index in [0.29, 0.717) is 17.9 Å². The molecule has 0 unspecified atom stereocenters. The Kier molecular flexibility index (Phi) is 6.67. The van der Waals surface area contributed by atoms with Gasteiger partial charge in [-0.15, -0.1) is 0 Å². The lowest BCUT2D eigenvalue weighted by Gasteiger charge is -2.11. The predicted molar refractivity (Wildman–Crippen MR) is 123 cm³/mol. The maximum absolute atomic E-state index is 12.2. The number of carbonyl (C=O) groups excluding carboxylic acids is 1. The minimum atomic E-state index is -0.434. The third-order valence-corrected chi connectivity index (χ3v) is 5.75. The van der Waals surface area contributed by atoms with Gasteiger partial charge in [-0.1, -0.05) is 0 Å². The van der Waals surface area contributed by atoms with E-state index in [1.807, 2.05) is 6.07 Å². The topological polar surface area (TPSA) is 112 Å². The molecule has 1 aromatic heterocycles. The van der Waals surface area contributed by atoms with Crippen molar-refractivity contribution in [2.45, 2.75) is 25.8 Å².